The van der Waals surface area contributed by atoms with Crippen LogP contribution in [0.4, 0.5) is 0 Å². The first-order valence-electron chi connectivity index (χ1n) is 3.43. The molecule has 0 aliphatic heterocycles. The Morgan fingerprint density at radius 2 is 2.45 bits per heavy atom. The molecular formula is C7H12N2S2. The Labute approximate surface area is 75.2 Å². The van der Waals surface area contributed by atoms with Crippen LogP contribution in [0.1, 0.15) is 13.8 Å². The monoisotopic (exact) mass is 188 g/mol. The molecule has 0 saturated heterocycles. The molecule has 0 saturated carbocycles. The largest absolute Gasteiger partial charge is 0.329 e. The summed E-state index contributed by atoms with van der Waals surface area (Å²) in [6.45, 7) is 4.93. The third kappa shape index (κ3) is 2.81. The fourth-order valence-corrected chi connectivity index (χ4v) is 2.60. The van der Waals surface area contributed by atoms with Crippen molar-refractivity contribution in [1.29, 1.82) is 0 Å². The minimum Gasteiger partial charge on any atom is -0.329 e. The van der Waals surface area contributed by atoms with Crippen molar-refractivity contribution in [2.45, 2.75) is 22.9 Å². The lowest BCUT2D eigenvalue weighted by molar-refractivity contribution is 0.722. The van der Waals surface area contributed by atoms with Crippen molar-refractivity contribution in [1.82, 2.24) is 4.98 Å². The van der Waals surface area contributed by atoms with Crippen LogP contribution in [0, 0.1) is 0 Å². The molecular weight excluding hydrogens is 176 g/mol. The van der Waals surface area contributed by atoms with Crippen molar-refractivity contribution < 1.29 is 0 Å². The van der Waals surface area contributed by atoms with Crippen LogP contribution in [-0.4, -0.2) is 16.3 Å². The van der Waals surface area contributed by atoms with Crippen LogP contribution in [0.2, 0.25) is 0 Å². The molecule has 0 atom stereocenters. The standard InChI is InChI=1S/C7H12N2S2/c1-7(2,5-8)11-6-9-3-4-10-6/h3-4H,5,8H2,1-2H3. The first-order valence-corrected chi connectivity index (χ1v) is 5.12. The zero-order valence-electron chi connectivity index (χ0n) is 6.70. The Hall–Kier alpha value is -0.0600. The second-order valence-corrected chi connectivity index (χ2v) is 5.71. The van der Waals surface area contributed by atoms with Gasteiger partial charge in [-0.15, -0.1) is 11.3 Å². The van der Waals surface area contributed by atoms with Crippen molar-refractivity contribution in [3.8, 4) is 0 Å². The van der Waals surface area contributed by atoms with E-state index in [0.29, 0.717) is 6.54 Å². The van der Waals surface area contributed by atoms with E-state index in [0.717, 1.165) is 4.34 Å². The van der Waals surface area contributed by atoms with Gasteiger partial charge in [0.05, 0.1) is 0 Å². The normalized spacial score (nSPS) is 11.9. The van der Waals surface area contributed by atoms with Gasteiger partial charge in [-0.3, -0.25) is 0 Å². The van der Waals surface area contributed by atoms with Gasteiger partial charge in [0.25, 0.3) is 0 Å². The van der Waals surface area contributed by atoms with E-state index in [-0.39, 0.29) is 4.75 Å². The number of rotatable bonds is 3. The van der Waals surface area contributed by atoms with Gasteiger partial charge in [0, 0.05) is 22.9 Å². The highest BCUT2D eigenvalue weighted by Gasteiger charge is 2.18. The van der Waals surface area contributed by atoms with E-state index < -0.39 is 0 Å². The van der Waals surface area contributed by atoms with Gasteiger partial charge in [0.2, 0.25) is 0 Å². The van der Waals surface area contributed by atoms with Crippen LogP contribution >= 0.6 is 23.1 Å². The van der Waals surface area contributed by atoms with Crippen LogP contribution < -0.4 is 5.73 Å². The molecule has 0 aromatic carbocycles. The molecule has 0 bridgehead atoms. The molecule has 1 aromatic heterocycles. The van der Waals surface area contributed by atoms with Gasteiger partial charge < -0.3 is 5.73 Å². The molecule has 2 nitrogen and oxygen atoms in total. The summed E-state index contributed by atoms with van der Waals surface area (Å²) in [7, 11) is 0. The summed E-state index contributed by atoms with van der Waals surface area (Å²) < 4.78 is 1.21. The lowest BCUT2D eigenvalue weighted by atomic mass is 10.2. The fraction of sp³-hybridized carbons (Fsp3) is 0.571. The van der Waals surface area contributed by atoms with Crippen LogP contribution in [0.5, 0.6) is 0 Å². The molecule has 0 radical (unpaired) electrons. The molecule has 11 heavy (non-hydrogen) atoms. The summed E-state index contributed by atoms with van der Waals surface area (Å²) in [4.78, 5) is 4.18. The minimum atomic E-state index is 0.109. The Kier molecular flexibility index (Phi) is 2.92. The summed E-state index contributed by atoms with van der Waals surface area (Å²) in [5.74, 6) is 0. The van der Waals surface area contributed by atoms with Crippen molar-refractivity contribution in [3.63, 3.8) is 0 Å². The average molecular weight is 188 g/mol. The Balaban J connectivity index is 2.56. The topological polar surface area (TPSA) is 38.9 Å². The van der Waals surface area contributed by atoms with Gasteiger partial charge >= 0.3 is 0 Å². The maximum Gasteiger partial charge on any atom is 0.150 e. The fourth-order valence-electron chi connectivity index (χ4n) is 0.539. The molecule has 0 aliphatic rings. The highest BCUT2D eigenvalue weighted by atomic mass is 32.2. The van der Waals surface area contributed by atoms with E-state index in [9.17, 15) is 0 Å². The highest BCUT2D eigenvalue weighted by molar-refractivity contribution is 8.02. The number of nitrogens with two attached hydrogens (primary N) is 1. The van der Waals surface area contributed by atoms with Gasteiger partial charge in [-0.2, -0.15) is 0 Å². The van der Waals surface area contributed by atoms with E-state index in [2.05, 4.69) is 18.8 Å². The third-order valence-electron chi connectivity index (χ3n) is 1.26. The Morgan fingerprint density at radius 3 is 2.91 bits per heavy atom. The van der Waals surface area contributed by atoms with Gasteiger partial charge in [-0.05, 0) is 13.8 Å². The van der Waals surface area contributed by atoms with E-state index in [1.807, 2.05) is 11.6 Å². The van der Waals surface area contributed by atoms with E-state index in [1.165, 1.54) is 0 Å². The van der Waals surface area contributed by atoms with Gasteiger partial charge in [0.1, 0.15) is 4.34 Å². The number of nitrogens with zero attached hydrogens (tertiary/aromatic N) is 1. The molecule has 0 unspecified atom stereocenters. The number of aromatic nitrogens is 1. The third-order valence-corrected chi connectivity index (χ3v) is 3.37. The van der Waals surface area contributed by atoms with Gasteiger partial charge in [0.15, 0.2) is 0 Å². The molecule has 0 amide bonds. The quantitative estimate of drug-likeness (QED) is 0.737. The van der Waals surface area contributed by atoms with Crippen molar-refractivity contribution >= 4 is 23.1 Å². The molecule has 4 heteroatoms. The maximum atomic E-state index is 5.58. The summed E-state index contributed by atoms with van der Waals surface area (Å²) in [6.07, 6.45) is 1.82. The number of thiazole rings is 1. The lowest BCUT2D eigenvalue weighted by Crippen LogP contribution is -2.26. The molecule has 1 rings (SSSR count). The van der Waals surface area contributed by atoms with Crippen LogP contribution in [-0.2, 0) is 0 Å². The predicted octanol–water partition coefficient (Wildman–Crippen LogP) is 1.97. The summed E-state index contributed by atoms with van der Waals surface area (Å²) in [5, 5.41) is 1.98. The second kappa shape index (κ2) is 3.56. The molecule has 2 N–H and O–H groups in total. The predicted molar refractivity (Wildman–Crippen MR) is 51.1 cm³/mol. The van der Waals surface area contributed by atoms with Crippen LogP contribution in [0.15, 0.2) is 15.9 Å². The van der Waals surface area contributed by atoms with Crippen molar-refractivity contribution in [3.05, 3.63) is 11.6 Å². The minimum absolute atomic E-state index is 0.109. The van der Waals surface area contributed by atoms with Crippen LogP contribution in [0.3, 0.4) is 0 Å². The first kappa shape index (κ1) is 9.03. The van der Waals surface area contributed by atoms with Crippen LogP contribution in [0.25, 0.3) is 0 Å². The highest BCUT2D eigenvalue weighted by Crippen LogP contribution is 2.32. The lowest BCUT2D eigenvalue weighted by Gasteiger charge is -2.19. The number of thioether (sulfide) groups is 1. The summed E-state index contributed by atoms with van der Waals surface area (Å²) >= 11 is 3.40. The smallest absolute Gasteiger partial charge is 0.150 e. The number of hydrogen-bond acceptors (Lipinski definition) is 4. The van der Waals surface area contributed by atoms with Gasteiger partial charge in [-0.1, -0.05) is 11.8 Å². The Bertz CT molecular complexity index is 206. The maximum absolute atomic E-state index is 5.58. The molecule has 0 spiro atoms. The molecule has 1 aromatic rings. The Morgan fingerprint density at radius 1 is 1.73 bits per heavy atom. The van der Waals surface area contributed by atoms with E-state index in [4.69, 9.17) is 5.73 Å². The summed E-state index contributed by atoms with van der Waals surface area (Å²) in [6, 6.07) is 0. The van der Waals surface area contributed by atoms with E-state index >= 15 is 0 Å². The molecule has 1 heterocycles. The number of hydrogen-bond donors (Lipinski definition) is 1. The zero-order chi connectivity index (χ0) is 8.32. The van der Waals surface area contributed by atoms with Gasteiger partial charge in [-0.25, -0.2) is 4.98 Å². The molecule has 0 aliphatic carbocycles. The zero-order valence-corrected chi connectivity index (χ0v) is 8.34. The summed E-state index contributed by atoms with van der Waals surface area (Å²) in [5.41, 5.74) is 5.58. The van der Waals surface area contributed by atoms with E-state index in [1.54, 1.807) is 23.1 Å². The second-order valence-electron chi connectivity index (χ2n) is 2.86. The van der Waals surface area contributed by atoms with Crippen molar-refractivity contribution in [2.24, 2.45) is 5.73 Å². The molecule has 0 fully saturated rings. The molecule has 62 valence electrons. The first-order chi connectivity index (χ1) is 5.14. The SMILES string of the molecule is CC(C)(CN)Sc1nccs1. The van der Waals surface area contributed by atoms with Crippen molar-refractivity contribution in [2.75, 3.05) is 6.54 Å². The average Bonchev–Trinajstić information content (AvgIpc) is 2.39.